The third-order valence-corrected chi connectivity index (χ3v) is 7.17. The molecule has 188 valence electrons. The average Bonchev–Trinajstić information content (AvgIpc) is 3.56. The van der Waals surface area contributed by atoms with E-state index in [-0.39, 0.29) is 5.82 Å². The molecule has 1 fully saturated rings. The molecule has 0 saturated heterocycles. The number of nitrogens with zero attached hydrogens (tertiary/aromatic N) is 1. The van der Waals surface area contributed by atoms with Crippen LogP contribution in [0.3, 0.4) is 0 Å². The van der Waals surface area contributed by atoms with Gasteiger partial charge in [-0.3, -0.25) is 5.10 Å². The van der Waals surface area contributed by atoms with E-state index >= 15 is 0 Å². The van der Waals surface area contributed by atoms with Crippen molar-refractivity contribution in [1.82, 2.24) is 20.5 Å². The summed E-state index contributed by atoms with van der Waals surface area (Å²) in [6.07, 6.45) is 8.43. The van der Waals surface area contributed by atoms with Gasteiger partial charge in [-0.05, 0) is 96.5 Å². The van der Waals surface area contributed by atoms with E-state index in [9.17, 15) is 4.39 Å². The minimum atomic E-state index is -0.249. The summed E-state index contributed by atoms with van der Waals surface area (Å²) in [5, 5.41) is 13.3. The van der Waals surface area contributed by atoms with Gasteiger partial charge in [-0.2, -0.15) is 5.10 Å². The number of H-pyrrole nitrogens is 2. The van der Waals surface area contributed by atoms with Gasteiger partial charge in [0.25, 0.3) is 0 Å². The van der Waals surface area contributed by atoms with Gasteiger partial charge in [0.1, 0.15) is 11.5 Å². The molecule has 0 unspecified atom stereocenters. The predicted molar refractivity (Wildman–Crippen MR) is 156 cm³/mol. The summed E-state index contributed by atoms with van der Waals surface area (Å²) in [5.74, 6) is 0.316. The molecule has 3 aromatic carbocycles. The van der Waals surface area contributed by atoms with Crippen LogP contribution in [0.25, 0.3) is 49.9 Å². The van der Waals surface area contributed by atoms with Crippen LogP contribution >= 0.6 is 0 Å². The number of nitrogens with one attached hydrogen (secondary N) is 3. The Labute approximate surface area is 221 Å². The van der Waals surface area contributed by atoms with Crippen molar-refractivity contribution in [3.05, 3.63) is 121 Å². The van der Waals surface area contributed by atoms with Crippen molar-refractivity contribution in [2.75, 3.05) is 0 Å². The zero-order valence-corrected chi connectivity index (χ0v) is 21.3. The van der Waals surface area contributed by atoms with E-state index in [4.69, 9.17) is 0 Å². The number of benzene rings is 3. The summed E-state index contributed by atoms with van der Waals surface area (Å²) in [4.78, 5) is 3.52. The molecule has 5 aromatic rings. The van der Waals surface area contributed by atoms with Crippen LogP contribution in [0.2, 0.25) is 0 Å². The predicted octanol–water partition coefficient (Wildman–Crippen LogP) is 8.50. The smallest absolute Gasteiger partial charge is 0.123 e. The highest BCUT2D eigenvalue weighted by Gasteiger charge is 2.24. The Balaban J connectivity index is 1.39. The summed E-state index contributed by atoms with van der Waals surface area (Å²) in [6.45, 7) is 10.2. The molecule has 0 aliphatic heterocycles. The number of aromatic nitrogens is 3. The van der Waals surface area contributed by atoms with Crippen molar-refractivity contribution in [3.63, 3.8) is 0 Å². The second-order valence-electron chi connectivity index (χ2n) is 9.77. The normalized spacial score (nSPS) is 14.3. The summed E-state index contributed by atoms with van der Waals surface area (Å²) < 4.78 is 13.9. The first-order chi connectivity index (χ1) is 18.5. The highest BCUT2D eigenvalue weighted by atomic mass is 19.1. The second-order valence-corrected chi connectivity index (χ2v) is 9.77. The maximum atomic E-state index is 13.9. The SMILES string of the molecule is C=C/C(=C\C(=C/C)c1ccc2[nH]nc(-c3cc4c(-c5cccc(F)c5)cccc4[nH]3)c2c1)NC(=C)C1CC1. The zero-order valence-electron chi connectivity index (χ0n) is 21.3. The molecule has 6 rings (SSSR count). The van der Waals surface area contributed by atoms with Gasteiger partial charge in [0, 0.05) is 27.7 Å². The van der Waals surface area contributed by atoms with E-state index < -0.39 is 0 Å². The third-order valence-electron chi connectivity index (χ3n) is 7.17. The number of rotatable bonds is 8. The number of halogens is 1. The molecule has 38 heavy (non-hydrogen) atoms. The zero-order chi connectivity index (χ0) is 26.2. The molecule has 0 atom stereocenters. The van der Waals surface area contributed by atoms with Crippen molar-refractivity contribution in [2.45, 2.75) is 19.8 Å². The summed E-state index contributed by atoms with van der Waals surface area (Å²) in [6, 6.07) is 21.1. The molecule has 3 N–H and O–H groups in total. The van der Waals surface area contributed by atoms with Gasteiger partial charge in [-0.25, -0.2) is 4.39 Å². The Morgan fingerprint density at radius 2 is 1.87 bits per heavy atom. The Kier molecular flexibility index (Phi) is 6.04. The first-order valence-electron chi connectivity index (χ1n) is 12.9. The quantitative estimate of drug-likeness (QED) is 0.187. The van der Waals surface area contributed by atoms with Crippen LogP contribution in [-0.2, 0) is 0 Å². The van der Waals surface area contributed by atoms with E-state index in [1.807, 2.05) is 37.3 Å². The fourth-order valence-electron chi connectivity index (χ4n) is 4.96. The highest BCUT2D eigenvalue weighted by Crippen LogP contribution is 2.36. The average molecular weight is 501 g/mol. The van der Waals surface area contributed by atoms with Crippen LogP contribution in [0.4, 0.5) is 4.39 Å². The lowest BCUT2D eigenvalue weighted by atomic mass is 10.0. The molecule has 4 nitrogen and oxygen atoms in total. The molecule has 0 amide bonds. The van der Waals surface area contributed by atoms with Gasteiger partial charge in [-0.1, -0.05) is 49.6 Å². The van der Waals surface area contributed by atoms with Gasteiger partial charge in [0.15, 0.2) is 0 Å². The molecule has 0 bridgehead atoms. The lowest BCUT2D eigenvalue weighted by Gasteiger charge is -2.11. The van der Waals surface area contributed by atoms with Gasteiger partial charge in [0.2, 0.25) is 0 Å². The number of hydrogen-bond acceptors (Lipinski definition) is 2. The van der Waals surface area contributed by atoms with Gasteiger partial charge in [-0.15, -0.1) is 0 Å². The topological polar surface area (TPSA) is 56.5 Å². The number of fused-ring (bicyclic) bond motifs is 2. The van der Waals surface area contributed by atoms with Crippen LogP contribution in [0.1, 0.15) is 25.3 Å². The third kappa shape index (κ3) is 4.48. The fraction of sp³-hybridized carbons (Fsp3) is 0.121. The monoisotopic (exact) mass is 500 g/mol. The molecule has 0 spiro atoms. The lowest BCUT2D eigenvalue weighted by molar-refractivity contribution is 0.628. The van der Waals surface area contributed by atoms with Crippen molar-refractivity contribution in [3.8, 4) is 22.5 Å². The largest absolute Gasteiger partial charge is 0.359 e. The first-order valence-corrected chi connectivity index (χ1v) is 12.9. The van der Waals surface area contributed by atoms with Crippen LogP contribution < -0.4 is 5.32 Å². The van der Waals surface area contributed by atoms with Crippen LogP contribution in [0, 0.1) is 11.7 Å². The second kappa shape index (κ2) is 9.67. The summed E-state index contributed by atoms with van der Waals surface area (Å²) in [7, 11) is 0. The number of aromatic amines is 2. The Hall–Kier alpha value is -4.64. The minimum absolute atomic E-state index is 0.249. The maximum Gasteiger partial charge on any atom is 0.123 e. The molecule has 1 saturated carbocycles. The van der Waals surface area contributed by atoms with E-state index in [1.165, 1.54) is 18.9 Å². The van der Waals surface area contributed by atoms with Gasteiger partial charge < -0.3 is 10.3 Å². The molecule has 5 heteroatoms. The maximum absolute atomic E-state index is 13.9. The van der Waals surface area contributed by atoms with E-state index in [2.05, 4.69) is 70.1 Å². The Morgan fingerprint density at radius 1 is 1.03 bits per heavy atom. The van der Waals surface area contributed by atoms with E-state index in [0.717, 1.165) is 66.9 Å². The van der Waals surface area contributed by atoms with Crippen molar-refractivity contribution in [2.24, 2.45) is 5.92 Å². The van der Waals surface area contributed by atoms with E-state index in [1.54, 1.807) is 12.1 Å². The van der Waals surface area contributed by atoms with Gasteiger partial charge in [0.05, 0.1) is 11.2 Å². The standard InChI is InChI=1S/C33H29FN4/c1-4-21(17-26(5-2)35-20(3)22-12-13-22)23-14-15-31-29(18-23)33(38-37-31)32-19-28-27(10-7-11-30(28)36-32)24-8-6-9-25(34)16-24/h4-11,14-19,22,35-36H,2-3,12-13H2,1H3,(H,37,38)/b21-4+,26-17+. The van der Waals surface area contributed by atoms with Gasteiger partial charge >= 0.3 is 0 Å². The van der Waals surface area contributed by atoms with Crippen molar-refractivity contribution >= 4 is 27.4 Å². The number of allylic oxidation sites excluding steroid dienone is 5. The van der Waals surface area contributed by atoms with Crippen LogP contribution in [-0.4, -0.2) is 15.2 Å². The number of hydrogen-bond donors (Lipinski definition) is 3. The first kappa shape index (κ1) is 23.7. The van der Waals surface area contributed by atoms with Crippen molar-refractivity contribution in [1.29, 1.82) is 0 Å². The molecule has 1 aliphatic rings. The van der Waals surface area contributed by atoms with Crippen LogP contribution in [0.15, 0.2) is 110 Å². The molecular formula is C33H29FN4. The summed E-state index contributed by atoms with van der Waals surface area (Å²) >= 11 is 0. The molecular weight excluding hydrogens is 471 g/mol. The van der Waals surface area contributed by atoms with Crippen molar-refractivity contribution < 1.29 is 4.39 Å². The fourth-order valence-corrected chi connectivity index (χ4v) is 4.96. The summed E-state index contributed by atoms with van der Waals surface area (Å²) in [5.41, 5.74) is 9.64. The lowest BCUT2D eigenvalue weighted by Crippen LogP contribution is -2.11. The van der Waals surface area contributed by atoms with E-state index in [0.29, 0.717) is 5.92 Å². The molecule has 1 aliphatic carbocycles. The Morgan fingerprint density at radius 3 is 2.63 bits per heavy atom. The minimum Gasteiger partial charge on any atom is -0.359 e. The Bertz CT molecular complexity index is 1760. The van der Waals surface area contributed by atoms with Crippen LogP contribution in [0.5, 0.6) is 0 Å². The molecule has 2 aromatic heterocycles. The highest BCUT2D eigenvalue weighted by molar-refractivity contribution is 6.01. The molecule has 2 heterocycles. The molecule has 0 radical (unpaired) electrons.